The summed E-state index contributed by atoms with van der Waals surface area (Å²) in [4.78, 5) is 11.6. The van der Waals surface area contributed by atoms with Gasteiger partial charge in [0.1, 0.15) is 0 Å². The average Bonchev–Trinajstić information content (AvgIpc) is 2.23. The number of allylic oxidation sites excluding steroid dienone is 2. The van der Waals surface area contributed by atoms with Crippen molar-refractivity contribution in [2.75, 3.05) is 0 Å². The SMILES string of the molecule is CC1=CCC(c2ccccc2Cl)CC1=O. The second-order valence-corrected chi connectivity index (χ2v) is 4.38. The number of rotatable bonds is 1. The molecule has 0 saturated carbocycles. The molecular formula is C13H13ClO. The highest BCUT2D eigenvalue weighted by Gasteiger charge is 2.22. The molecule has 1 atom stereocenters. The Balaban J connectivity index is 2.28. The molecule has 0 fully saturated rings. The second-order valence-electron chi connectivity index (χ2n) is 3.97. The van der Waals surface area contributed by atoms with Gasteiger partial charge in [-0.25, -0.2) is 0 Å². The van der Waals surface area contributed by atoms with Gasteiger partial charge >= 0.3 is 0 Å². The topological polar surface area (TPSA) is 17.1 Å². The molecule has 0 radical (unpaired) electrons. The number of ketones is 1. The van der Waals surface area contributed by atoms with Gasteiger partial charge in [-0.2, -0.15) is 0 Å². The van der Waals surface area contributed by atoms with E-state index in [-0.39, 0.29) is 11.7 Å². The molecule has 1 unspecified atom stereocenters. The second kappa shape index (κ2) is 4.19. The van der Waals surface area contributed by atoms with E-state index in [0.29, 0.717) is 6.42 Å². The molecule has 0 spiro atoms. The quantitative estimate of drug-likeness (QED) is 0.705. The van der Waals surface area contributed by atoms with Gasteiger partial charge in [0, 0.05) is 11.4 Å². The molecule has 2 heteroatoms. The largest absolute Gasteiger partial charge is 0.295 e. The van der Waals surface area contributed by atoms with Gasteiger partial charge in [0.25, 0.3) is 0 Å². The van der Waals surface area contributed by atoms with E-state index in [4.69, 9.17) is 11.6 Å². The molecule has 0 aromatic heterocycles. The third-order valence-corrected chi connectivity index (χ3v) is 3.27. The molecular weight excluding hydrogens is 208 g/mol. The lowest BCUT2D eigenvalue weighted by molar-refractivity contribution is -0.116. The van der Waals surface area contributed by atoms with Gasteiger partial charge in [0.15, 0.2) is 5.78 Å². The van der Waals surface area contributed by atoms with Gasteiger partial charge in [-0.1, -0.05) is 35.9 Å². The van der Waals surface area contributed by atoms with Crippen LogP contribution < -0.4 is 0 Å². The molecule has 0 amide bonds. The summed E-state index contributed by atoms with van der Waals surface area (Å²) in [5.41, 5.74) is 1.98. The fourth-order valence-electron chi connectivity index (χ4n) is 1.94. The van der Waals surface area contributed by atoms with Gasteiger partial charge in [-0.05, 0) is 36.5 Å². The summed E-state index contributed by atoms with van der Waals surface area (Å²) in [5.74, 6) is 0.501. The van der Waals surface area contributed by atoms with E-state index in [1.54, 1.807) is 0 Å². The van der Waals surface area contributed by atoms with Crippen molar-refractivity contribution in [3.8, 4) is 0 Å². The highest BCUT2D eigenvalue weighted by Crippen LogP contribution is 2.33. The summed E-state index contributed by atoms with van der Waals surface area (Å²) < 4.78 is 0. The van der Waals surface area contributed by atoms with E-state index in [1.165, 1.54) is 0 Å². The van der Waals surface area contributed by atoms with Gasteiger partial charge in [-0.3, -0.25) is 4.79 Å². The first-order chi connectivity index (χ1) is 7.18. The Kier molecular flexibility index (Phi) is 2.92. The molecule has 1 aliphatic carbocycles. The minimum atomic E-state index is 0.242. The van der Waals surface area contributed by atoms with E-state index in [0.717, 1.165) is 22.6 Å². The number of carbonyl (C=O) groups is 1. The van der Waals surface area contributed by atoms with E-state index in [2.05, 4.69) is 0 Å². The number of halogens is 1. The maximum Gasteiger partial charge on any atom is 0.158 e. The van der Waals surface area contributed by atoms with E-state index in [9.17, 15) is 4.79 Å². The van der Waals surface area contributed by atoms with Crippen molar-refractivity contribution in [3.05, 3.63) is 46.5 Å². The fraction of sp³-hybridized carbons (Fsp3) is 0.308. The van der Waals surface area contributed by atoms with Gasteiger partial charge in [0.2, 0.25) is 0 Å². The smallest absolute Gasteiger partial charge is 0.158 e. The molecule has 0 heterocycles. The van der Waals surface area contributed by atoms with Crippen molar-refractivity contribution in [2.45, 2.75) is 25.7 Å². The first-order valence-corrected chi connectivity index (χ1v) is 5.50. The standard InChI is InChI=1S/C13H13ClO/c1-9-6-7-10(8-13(9)15)11-4-2-3-5-12(11)14/h2-6,10H,7-8H2,1H3. The maximum absolute atomic E-state index is 11.6. The molecule has 1 aliphatic rings. The van der Waals surface area contributed by atoms with Crippen LogP contribution in [0.5, 0.6) is 0 Å². The Hall–Kier alpha value is -1.08. The molecule has 15 heavy (non-hydrogen) atoms. The lowest BCUT2D eigenvalue weighted by atomic mass is 9.84. The van der Waals surface area contributed by atoms with E-state index < -0.39 is 0 Å². The zero-order valence-electron chi connectivity index (χ0n) is 8.66. The minimum Gasteiger partial charge on any atom is -0.295 e. The van der Waals surface area contributed by atoms with E-state index >= 15 is 0 Å². The van der Waals surface area contributed by atoms with Crippen molar-refractivity contribution in [1.29, 1.82) is 0 Å². The Morgan fingerprint density at radius 3 is 2.73 bits per heavy atom. The molecule has 2 rings (SSSR count). The normalized spacial score (nSPS) is 21.3. The van der Waals surface area contributed by atoms with Gasteiger partial charge in [-0.15, -0.1) is 0 Å². The maximum atomic E-state index is 11.6. The summed E-state index contributed by atoms with van der Waals surface area (Å²) in [6.45, 7) is 1.88. The lowest BCUT2D eigenvalue weighted by Gasteiger charge is -2.20. The van der Waals surface area contributed by atoms with Crippen LogP contribution in [0.1, 0.15) is 31.2 Å². The summed E-state index contributed by atoms with van der Waals surface area (Å²) in [6.07, 6.45) is 3.52. The number of hydrogen-bond acceptors (Lipinski definition) is 1. The molecule has 1 aromatic carbocycles. The Morgan fingerprint density at radius 1 is 1.33 bits per heavy atom. The van der Waals surface area contributed by atoms with Crippen molar-refractivity contribution < 1.29 is 4.79 Å². The van der Waals surface area contributed by atoms with Crippen molar-refractivity contribution in [2.24, 2.45) is 0 Å². The predicted octanol–water partition coefficient (Wildman–Crippen LogP) is 3.73. The zero-order chi connectivity index (χ0) is 10.8. The van der Waals surface area contributed by atoms with Crippen LogP contribution in [0.2, 0.25) is 5.02 Å². The highest BCUT2D eigenvalue weighted by atomic mass is 35.5. The lowest BCUT2D eigenvalue weighted by Crippen LogP contribution is -2.13. The van der Waals surface area contributed by atoms with Gasteiger partial charge in [0.05, 0.1) is 0 Å². The number of benzene rings is 1. The fourth-order valence-corrected chi connectivity index (χ4v) is 2.23. The first kappa shape index (κ1) is 10.4. The molecule has 1 nitrogen and oxygen atoms in total. The Labute approximate surface area is 94.8 Å². The Bertz CT molecular complexity index is 420. The van der Waals surface area contributed by atoms with Crippen LogP contribution in [-0.2, 0) is 4.79 Å². The molecule has 0 saturated heterocycles. The van der Waals surface area contributed by atoms with Crippen LogP contribution in [0.4, 0.5) is 0 Å². The molecule has 1 aromatic rings. The van der Waals surface area contributed by atoms with Crippen LogP contribution in [0.15, 0.2) is 35.9 Å². The third kappa shape index (κ3) is 2.13. The van der Waals surface area contributed by atoms with Crippen LogP contribution >= 0.6 is 11.6 Å². The van der Waals surface area contributed by atoms with Crippen LogP contribution in [-0.4, -0.2) is 5.78 Å². The minimum absolute atomic E-state index is 0.242. The molecule has 0 bridgehead atoms. The summed E-state index contributed by atoms with van der Waals surface area (Å²) in [6, 6.07) is 7.77. The van der Waals surface area contributed by atoms with Gasteiger partial charge < -0.3 is 0 Å². The van der Waals surface area contributed by atoms with Crippen LogP contribution in [0.3, 0.4) is 0 Å². The number of hydrogen-bond donors (Lipinski definition) is 0. The van der Waals surface area contributed by atoms with Crippen molar-refractivity contribution >= 4 is 17.4 Å². The van der Waals surface area contributed by atoms with Crippen LogP contribution in [0.25, 0.3) is 0 Å². The zero-order valence-corrected chi connectivity index (χ0v) is 9.42. The number of carbonyl (C=O) groups excluding carboxylic acids is 1. The predicted molar refractivity (Wildman–Crippen MR) is 62.2 cm³/mol. The Morgan fingerprint density at radius 2 is 2.07 bits per heavy atom. The average molecular weight is 221 g/mol. The van der Waals surface area contributed by atoms with Crippen molar-refractivity contribution in [3.63, 3.8) is 0 Å². The first-order valence-electron chi connectivity index (χ1n) is 5.13. The third-order valence-electron chi connectivity index (χ3n) is 2.93. The number of Topliss-reactive ketones (excluding diaryl/α,β-unsaturated/α-hetero) is 1. The van der Waals surface area contributed by atoms with Crippen LogP contribution in [0, 0.1) is 0 Å². The highest BCUT2D eigenvalue weighted by molar-refractivity contribution is 6.31. The molecule has 0 N–H and O–H groups in total. The molecule has 0 aliphatic heterocycles. The monoisotopic (exact) mass is 220 g/mol. The molecule has 78 valence electrons. The summed E-state index contributed by atoms with van der Waals surface area (Å²) in [5, 5.41) is 0.767. The summed E-state index contributed by atoms with van der Waals surface area (Å²) in [7, 11) is 0. The van der Waals surface area contributed by atoms with E-state index in [1.807, 2.05) is 37.3 Å². The van der Waals surface area contributed by atoms with Crippen molar-refractivity contribution in [1.82, 2.24) is 0 Å². The summed E-state index contributed by atoms with van der Waals surface area (Å²) >= 11 is 6.11.